The second-order valence-corrected chi connectivity index (χ2v) is 7.54. The van der Waals surface area contributed by atoms with E-state index < -0.39 is 41.0 Å². The Morgan fingerprint density at radius 1 is 1.06 bits per heavy atom. The molecule has 0 aliphatic heterocycles. The van der Waals surface area contributed by atoms with E-state index in [1.54, 1.807) is 24.3 Å². The van der Waals surface area contributed by atoms with E-state index >= 15 is 8.78 Å². The van der Waals surface area contributed by atoms with Gasteiger partial charge in [-0.15, -0.1) is 5.10 Å². The highest BCUT2D eigenvalue weighted by molar-refractivity contribution is 5.33. The molecule has 0 fully saturated rings. The summed E-state index contributed by atoms with van der Waals surface area (Å²) in [6, 6.07) is 12.6. The maximum absolute atomic E-state index is 15.7. The van der Waals surface area contributed by atoms with Crippen molar-refractivity contribution in [3.05, 3.63) is 101 Å². The highest BCUT2D eigenvalue weighted by Crippen LogP contribution is 2.46. The lowest BCUT2D eigenvalue weighted by atomic mass is 9.84. The predicted molar refractivity (Wildman–Crippen MR) is 112 cm³/mol. The molecule has 0 bridgehead atoms. The number of alkyl halides is 2. The smallest absolute Gasteiger partial charge is 0.323 e. The Labute approximate surface area is 196 Å². The quantitative estimate of drug-likeness (QED) is 0.382. The molecule has 2 heterocycles. The number of nitriles is 1. The minimum Gasteiger partial charge on any atom is -0.487 e. The third kappa shape index (κ3) is 4.80. The highest BCUT2D eigenvalue weighted by atomic mass is 19.3. The number of aliphatic hydroxyl groups is 1. The van der Waals surface area contributed by atoms with Crippen molar-refractivity contribution in [3.8, 4) is 11.8 Å². The summed E-state index contributed by atoms with van der Waals surface area (Å²) in [5.41, 5.74) is -3.75. The van der Waals surface area contributed by atoms with Crippen molar-refractivity contribution in [2.24, 2.45) is 0 Å². The molecule has 0 spiro atoms. The molecule has 0 radical (unpaired) electrons. The largest absolute Gasteiger partial charge is 0.487 e. The van der Waals surface area contributed by atoms with Crippen LogP contribution in [0.25, 0.3) is 0 Å². The van der Waals surface area contributed by atoms with Crippen LogP contribution in [0.5, 0.6) is 5.75 Å². The Morgan fingerprint density at radius 2 is 1.83 bits per heavy atom. The van der Waals surface area contributed by atoms with Gasteiger partial charge in [0.15, 0.2) is 5.60 Å². The van der Waals surface area contributed by atoms with Crippen molar-refractivity contribution in [2.75, 3.05) is 0 Å². The van der Waals surface area contributed by atoms with Crippen molar-refractivity contribution in [3.63, 3.8) is 0 Å². The lowest BCUT2D eigenvalue weighted by Gasteiger charge is -2.35. The van der Waals surface area contributed by atoms with Crippen LogP contribution in [0.3, 0.4) is 0 Å². The molecule has 0 amide bonds. The Balaban J connectivity index is 1.61. The number of benzene rings is 2. The zero-order valence-electron chi connectivity index (χ0n) is 17.8. The van der Waals surface area contributed by atoms with Gasteiger partial charge in [-0.1, -0.05) is 12.1 Å². The number of nitrogens with zero attached hydrogens (tertiary/aromatic N) is 6. The standard InChI is InChI=1S/C23H16F4N6O2/c24-17-5-7-19(20(25)9-17)22(34,13-33-14-30-31-32-33)23(26,27)21-8-6-18(11-29-21)35-12-16-3-1-15(10-28)2-4-16/h1-9,11,14,34H,12-13H2. The van der Waals surface area contributed by atoms with Crippen LogP contribution in [0.2, 0.25) is 0 Å². The molecule has 1 atom stereocenters. The van der Waals surface area contributed by atoms with Crippen molar-refractivity contribution >= 4 is 0 Å². The van der Waals surface area contributed by atoms with Crippen LogP contribution in [0, 0.1) is 23.0 Å². The number of ether oxygens (including phenoxy) is 1. The van der Waals surface area contributed by atoms with E-state index in [4.69, 9.17) is 10.00 Å². The maximum Gasteiger partial charge on any atom is 0.323 e. The molecule has 8 nitrogen and oxygen atoms in total. The summed E-state index contributed by atoms with van der Waals surface area (Å²) in [5, 5.41) is 30.1. The van der Waals surface area contributed by atoms with Crippen LogP contribution in [0.1, 0.15) is 22.4 Å². The Kier molecular flexibility index (Phi) is 6.44. The molecule has 2 aromatic heterocycles. The minimum absolute atomic E-state index is 0.0904. The fraction of sp³-hybridized carbons (Fsp3) is 0.174. The monoisotopic (exact) mass is 484 g/mol. The first kappa shape index (κ1) is 23.8. The fourth-order valence-corrected chi connectivity index (χ4v) is 3.37. The molecular formula is C23H16F4N6O2. The summed E-state index contributed by atoms with van der Waals surface area (Å²) in [7, 11) is 0. The first-order chi connectivity index (χ1) is 16.7. The zero-order valence-corrected chi connectivity index (χ0v) is 17.8. The Hall–Kier alpha value is -4.37. The van der Waals surface area contributed by atoms with Gasteiger partial charge in [0.2, 0.25) is 0 Å². The second-order valence-electron chi connectivity index (χ2n) is 7.54. The summed E-state index contributed by atoms with van der Waals surface area (Å²) >= 11 is 0. The Morgan fingerprint density at radius 3 is 2.43 bits per heavy atom. The number of rotatable bonds is 8. The molecule has 2 aromatic carbocycles. The van der Waals surface area contributed by atoms with Gasteiger partial charge in [-0.05, 0) is 52.4 Å². The predicted octanol–water partition coefficient (Wildman–Crippen LogP) is 3.48. The molecule has 1 N–H and O–H groups in total. The number of pyridine rings is 1. The summed E-state index contributed by atoms with van der Waals surface area (Å²) in [6.45, 7) is -0.860. The lowest BCUT2D eigenvalue weighted by molar-refractivity contribution is -0.207. The molecule has 0 aliphatic carbocycles. The average molecular weight is 484 g/mol. The van der Waals surface area contributed by atoms with Crippen molar-refractivity contribution in [1.29, 1.82) is 5.26 Å². The van der Waals surface area contributed by atoms with E-state index in [1.165, 1.54) is 6.07 Å². The van der Waals surface area contributed by atoms with Crippen LogP contribution in [0.15, 0.2) is 67.1 Å². The van der Waals surface area contributed by atoms with Crippen LogP contribution in [0.4, 0.5) is 17.6 Å². The van der Waals surface area contributed by atoms with Crippen molar-refractivity contribution in [2.45, 2.75) is 24.7 Å². The SMILES string of the molecule is N#Cc1ccc(COc2ccc(C(F)(F)C(O)(Cn3cnnn3)c3ccc(F)cc3F)nc2)cc1. The van der Waals surface area contributed by atoms with E-state index in [2.05, 4.69) is 20.5 Å². The molecule has 178 valence electrons. The molecule has 0 saturated heterocycles. The van der Waals surface area contributed by atoms with E-state index in [-0.39, 0.29) is 12.4 Å². The third-order valence-electron chi connectivity index (χ3n) is 5.22. The van der Waals surface area contributed by atoms with Gasteiger partial charge in [0, 0.05) is 11.6 Å². The van der Waals surface area contributed by atoms with Gasteiger partial charge in [-0.25, -0.2) is 13.5 Å². The van der Waals surface area contributed by atoms with Gasteiger partial charge in [0.05, 0.1) is 24.4 Å². The molecular weight excluding hydrogens is 468 g/mol. The van der Waals surface area contributed by atoms with Crippen LogP contribution >= 0.6 is 0 Å². The van der Waals surface area contributed by atoms with Crippen LogP contribution in [-0.2, 0) is 24.7 Å². The van der Waals surface area contributed by atoms with Gasteiger partial charge in [0.1, 0.15) is 36.0 Å². The normalized spacial score (nSPS) is 13.1. The van der Waals surface area contributed by atoms with E-state index in [1.807, 2.05) is 6.07 Å². The molecule has 0 aliphatic rings. The number of hydrogen-bond donors (Lipinski definition) is 1. The minimum atomic E-state index is -4.16. The molecule has 12 heteroatoms. The van der Waals surface area contributed by atoms with Gasteiger partial charge < -0.3 is 9.84 Å². The fourth-order valence-electron chi connectivity index (χ4n) is 3.37. The first-order valence-corrected chi connectivity index (χ1v) is 10.1. The summed E-state index contributed by atoms with van der Waals surface area (Å²) in [5.74, 6) is -6.38. The first-order valence-electron chi connectivity index (χ1n) is 10.1. The van der Waals surface area contributed by atoms with E-state index in [9.17, 15) is 13.9 Å². The van der Waals surface area contributed by atoms with Gasteiger partial charge in [-0.3, -0.25) is 4.98 Å². The number of halogens is 4. The van der Waals surface area contributed by atoms with Gasteiger partial charge in [0.25, 0.3) is 0 Å². The maximum atomic E-state index is 15.7. The molecule has 4 rings (SSSR count). The highest BCUT2D eigenvalue weighted by Gasteiger charge is 2.58. The van der Waals surface area contributed by atoms with Crippen LogP contribution in [-0.4, -0.2) is 30.3 Å². The topological polar surface area (TPSA) is 110 Å². The molecule has 1 unspecified atom stereocenters. The number of hydrogen-bond acceptors (Lipinski definition) is 7. The van der Waals surface area contributed by atoms with Gasteiger partial charge >= 0.3 is 5.92 Å². The Bertz CT molecular complexity index is 1340. The van der Waals surface area contributed by atoms with E-state index in [0.29, 0.717) is 11.6 Å². The molecule has 4 aromatic rings. The van der Waals surface area contributed by atoms with Gasteiger partial charge in [-0.2, -0.15) is 14.0 Å². The summed E-state index contributed by atoms with van der Waals surface area (Å²) in [6.07, 6.45) is 2.00. The number of aromatic nitrogens is 5. The second kappa shape index (κ2) is 9.47. The average Bonchev–Trinajstić information content (AvgIpc) is 3.36. The third-order valence-corrected chi connectivity index (χ3v) is 5.22. The molecule has 35 heavy (non-hydrogen) atoms. The molecule has 0 saturated carbocycles. The van der Waals surface area contributed by atoms with Crippen LogP contribution < -0.4 is 4.74 Å². The summed E-state index contributed by atoms with van der Waals surface area (Å²) in [4.78, 5) is 3.72. The zero-order chi connectivity index (χ0) is 25.1. The van der Waals surface area contributed by atoms with Crippen molar-refractivity contribution in [1.82, 2.24) is 25.2 Å². The van der Waals surface area contributed by atoms with Crippen molar-refractivity contribution < 1.29 is 27.4 Å². The number of tetrazole rings is 1. The van der Waals surface area contributed by atoms with E-state index in [0.717, 1.165) is 41.0 Å². The summed E-state index contributed by atoms with van der Waals surface area (Å²) < 4.78 is 65.7. The lowest BCUT2D eigenvalue weighted by Crippen LogP contribution is -2.48.